The van der Waals surface area contributed by atoms with Crippen molar-refractivity contribution >= 4 is 5.97 Å². The zero-order valence-corrected chi connectivity index (χ0v) is 11.0. The lowest BCUT2D eigenvalue weighted by Crippen LogP contribution is -2.21. The lowest BCUT2D eigenvalue weighted by molar-refractivity contribution is -0.137. The summed E-state index contributed by atoms with van der Waals surface area (Å²) in [6, 6.07) is 3.77. The standard InChI is InChI=1S/C13H17NO5/c1-14(4-3-12(15)16)7-9-5-10(17-2)13-11(6-9)18-8-19-13/h5-6H,3-4,7-8H2,1-2H3,(H,15,16). The highest BCUT2D eigenvalue weighted by Gasteiger charge is 2.20. The highest BCUT2D eigenvalue weighted by Crippen LogP contribution is 2.41. The fraction of sp³-hybridized carbons (Fsp3) is 0.462. The lowest BCUT2D eigenvalue weighted by atomic mass is 10.1. The molecule has 2 rings (SSSR count). The Hall–Kier alpha value is -1.95. The molecule has 104 valence electrons. The molecule has 1 heterocycles. The van der Waals surface area contributed by atoms with Crippen molar-refractivity contribution in [3.05, 3.63) is 17.7 Å². The van der Waals surface area contributed by atoms with Gasteiger partial charge in [-0.25, -0.2) is 0 Å². The largest absolute Gasteiger partial charge is 0.493 e. The molecule has 1 aromatic carbocycles. The van der Waals surface area contributed by atoms with Crippen molar-refractivity contribution in [2.75, 3.05) is 27.5 Å². The van der Waals surface area contributed by atoms with Gasteiger partial charge in [-0.05, 0) is 24.7 Å². The molecule has 0 radical (unpaired) electrons. The van der Waals surface area contributed by atoms with Gasteiger partial charge < -0.3 is 24.2 Å². The van der Waals surface area contributed by atoms with E-state index >= 15 is 0 Å². The number of hydrogen-bond donors (Lipinski definition) is 1. The van der Waals surface area contributed by atoms with Gasteiger partial charge in [0.2, 0.25) is 12.5 Å². The summed E-state index contributed by atoms with van der Waals surface area (Å²) in [6.07, 6.45) is 0.123. The highest BCUT2D eigenvalue weighted by molar-refractivity contribution is 5.66. The van der Waals surface area contributed by atoms with Crippen LogP contribution in [-0.2, 0) is 11.3 Å². The molecule has 6 heteroatoms. The summed E-state index contributed by atoms with van der Waals surface area (Å²) in [6.45, 7) is 1.32. The first-order valence-corrected chi connectivity index (χ1v) is 5.97. The number of nitrogens with zero attached hydrogens (tertiary/aromatic N) is 1. The Bertz CT molecular complexity index is 474. The zero-order chi connectivity index (χ0) is 13.8. The van der Waals surface area contributed by atoms with E-state index in [0.29, 0.717) is 30.3 Å². The fourth-order valence-corrected chi connectivity index (χ4v) is 1.95. The number of benzene rings is 1. The maximum Gasteiger partial charge on any atom is 0.304 e. The summed E-state index contributed by atoms with van der Waals surface area (Å²) >= 11 is 0. The zero-order valence-electron chi connectivity index (χ0n) is 11.0. The Kier molecular flexibility index (Phi) is 4.11. The van der Waals surface area contributed by atoms with Gasteiger partial charge in [0.25, 0.3) is 0 Å². The molecule has 1 aromatic rings. The van der Waals surface area contributed by atoms with E-state index in [1.165, 1.54) is 0 Å². The fourth-order valence-electron chi connectivity index (χ4n) is 1.95. The summed E-state index contributed by atoms with van der Waals surface area (Å²) in [5, 5.41) is 8.65. The monoisotopic (exact) mass is 267 g/mol. The normalized spacial score (nSPS) is 12.8. The second-order valence-corrected chi connectivity index (χ2v) is 4.41. The second kappa shape index (κ2) is 5.79. The third kappa shape index (κ3) is 3.29. The number of carbonyl (C=O) groups is 1. The number of aliphatic carboxylic acids is 1. The minimum atomic E-state index is -0.796. The number of carboxylic acid groups (broad SMARTS) is 1. The van der Waals surface area contributed by atoms with E-state index in [4.69, 9.17) is 19.3 Å². The molecule has 1 aliphatic heterocycles. The molecular formula is C13H17NO5. The van der Waals surface area contributed by atoms with Gasteiger partial charge in [0, 0.05) is 13.1 Å². The van der Waals surface area contributed by atoms with Crippen molar-refractivity contribution < 1.29 is 24.1 Å². The van der Waals surface area contributed by atoms with Crippen molar-refractivity contribution in [3.63, 3.8) is 0 Å². The highest BCUT2D eigenvalue weighted by atomic mass is 16.7. The van der Waals surface area contributed by atoms with Crippen molar-refractivity contribution in [1.82, 2.24) is 4.90 Å². The van der Waals surface area contributed by atoms with Crippen molar-refractivity contribution in [3.8, 4) is 17.2 Å². The number of methoxy groups -OCH3 is 1. The molecular weight excluding hydrogens is 250 g/mol. The number of hydrogen-bond acceptors (Lipinski definition) is 5. The van der Waals surface area contributed by atoms with Crippen LogP contribution >= 0.6 is 0 Å². The SMILES string of the molecule is COc1cc(CN(C)CCC(=O)O)cc2c1OCO2. The van der Waals surface area contributed by atoms with E-state index in [0.717, 1.165) is 5.56 Å². The molecule has 19 heavy (non-hydrogen) atoms. The van der Waals surface area contributed by atoms with Crippen LogP contribution in [0.2, 0.25) is 0 Å². The summed E-state index contributed by atoms with van der Waals surface area (Å²) in [7, 11) is 3.45. The van der Waals surface area contributed by atoms with Crippen molar-refractivity contribution in [2.24, 2.45) is 0 Å². The Morgan fingerprint density at radius 1 is 1.47 bits per heavy atom. The Balaban J connectivity index is 2.06. The van der Waals surface area contributed by atoms with E-state index in [9.17, 15) is 4.79 Å². The van der Waals surface area contributed by atoms with Crippen molar-refractivity contribution in [2.45, 2.75) is 13.0 Å². The molecule has 0 atom stereocenters. The Morgan fingerprint density at radius 2 is 2.26 bits per heavy atom. The van der Waals surface area contributed by atoms with Gasteiger partial charge in [-0.15, -0.1) is 0 Å². The van der Waals surface area contributed by atoms with Crippen LogP contribution in [0.3, 0.4) is 0 Å². The van der Waals surface area contributed by atoms with Gasteiger partial charge in [-0.3, -0.25) is 4.79 Å². The van der Waals surface area contributed by atoms with Gasteiger partial charge in [-0.1, -0.05) is 0 Å². The second-order valence-electron chi connectivity index (χ2n) is 4.41. The van der Waals surface area contributed by atoms with E-state index in [-0.39, 0.29) is 13.2 Å². The third-order valence-electron chi connectivity index (χ3n) is 2.88. The summed E-state index contributed by atoms with van der Waals surface area (Å²) in [5.74, 6) is 1.13. The van der Waals surface area contributed by atoms with Crippen molar-refractivity contribution in [1.29, 1.82) is 0 Å². The molecule has 0 unspecified atom stereocenters. The maximum absolute atomic E-state index is 10.5. The molecule has 0 spiro atoms. The van der Waals surface area contributed by atoms with Gasteiger partial charge >= 0.3 is 5.97 Å². The topological polar surface area (TPSA) is 68.2 Å². The summed E-state index contributed by atoms with van der Waals surface area (Å²) in [5.41, 5.74) is 0.994. The molecule has 0 aliphatic carbocycles. The average molecular weight is 267 g/mol. The summed E-state index contributed by atoms with van der Waals surface area (Å²) in [4.78, 5) is 12.5. The van der Waals surface area contributed by atoms with Gasteiger partial charge in [0.15, 0.2) is 11.5 Å². The number of rotatable bonds is 6. The Morgan fingerprint density at radius 3 is 2.95 bits per heavy atom. The molecule has 6 nitrogen and oxygen atoms in total. The van der Waals surface area contributed by atoms with Crippen LogP contribution in [0.1, 0.15) is 12.0 Å². The van der Waals surface area contributed by atoms with Crippen LogP contribution in [0.4, 0.5) is 0 Å². The van der Waals surface area contributed by atoms with E-state index in [2.05, 4.69) is 0 Å². The number of fused-ring (bicyclic) bond motifs is 1. The molecule has 1 aliphatic rings. The van der Waals surface area contributed by atoms with Crippen LogP contribution in [0.5, 0.6) is 17.2 Å². The summed E-state index contributed by atoms with van der Waals surface area (Å²) < 4.78 is 15.9. The quantitative estimate of drug-likeness (QED) is 0.838. The first kappa shape index (κ1) is 13.5. The molecule has 0 fully saturated rings. The molecule has 1 N–H and O–H groups in total. The van der Waals surface area contributed by atoms with Crippen LogP contribution in [0.25, 0.3) is 0 Å². The number of ether oxygens (including phenoxy) is 3. The molecule has 0 aromatic heterocycles. The Labute approximate surface area is 111 Å². The van der Waals surface area contributed by atoms with Gasteiger partial charge in [0.05, 0.1) is 13.5 Å². The predicted octanol–water partition coefficient (Wildman–Crippen LogP) is 1.33. The average Bonchev–Trinajstić information content (AvgIpc) is 2.83. The lowest BCUT2D eigenvalue weighted by Gasteiger charge is -2.16. The van der Waals surface area contributed by atoms with E-state index < -0.39 is 5.97 Å². The third-order valence-corrected chi connectivity index (χ3v) is 2.88. The number of carboxylic acids is 1. The van der Waals surface area contributed by atoms with Crippen LogP contribution in [-0.4, -0.2) is 43.5 Å². The molecule has 0 bridgehead atoms. The maximum atomic E-state index is 10.5. The van der Waals surface area contributed by atoms with Gasteiger partial charge in [0.1, 0.15) is 0 Å². The molecule has 0 saturated heterocycles. The minimum Gasteiger partial charge on any atom is -0.493 e. The molecule has 0 amide bonds. The smallest absolute Gasteiger partial charge is 0.304 e. The first-order chi connectivity index (χ1) is 9.10. The van der Waals surface area contributed by atoms with Crippen LogP contribution in [0, 0.1) is 0 Å². The van der Waals surface area contributed by atoms with E-state index in [1.54, 1.807) is 7.11 Å². The first-order valence-electron chi connectivity index (χ1n) is 5.97. The molecule has 0 saturated carbocycles. The van der Waals surface area contributed by atoms with Gasteiger partial charge in [-0.2, -0.15) is 0 Å². The van der Waals surface area contributed by atoms with E-state index in [1.807, 2.05) is 24.1 Å². The minimum absolute atomic E-state index is 0.123. The van der Waals surface area contributed by atoms with Crippen LogP contribution < -0.4 is 14.2 Å². The predicted molar refractivity (Wildman–Crippen MR) is 67.7 cm³/mol. The van der Waals surface area contributed by atoms with Crippen LogP contribution in [0.15, 0.2) is 12.1 Å².